The van der Waals surface area contributed by atoms with Crippen LogP contribution in [0.15, 0.2) is 34.2 Å². The number of methoxy groups -OCH3 is 1. The first kappa shape index (κ1) is 23.4. The number of hydrogen-bond acceptors (Lipinski definition) is 6. The maximum Gasteiger partial charge on any atom is 0.267 e. The Kier molecular flexibility index (Phi) is 6.97. The average molecular weight is 498 g/mol. The van der Waals surface area contributed by atoms with Crippen molar-refractivity contribution in [1.82, 2.24) is 14.9 Å². The molecule has 3 aromatic rings. The molecule has 6 nitrogen and oxygen atoms in total. The lowest BCUT2D eigenvalue weighted by molar-refractivity contribution is -0.119. The lowest BCUT2D eigenvalue weighted by Crippen LogP contribution is -2.41. The number of carbonyl (C=O) groups excluding carboxylic acids is 1. The number of nitrogens with one attached hydrogen (secondary N) is 1. The van der Waals surface area contributed by atoms with Crippen molar-refractivity contribution in [3.8, 4) is 11.4 Å². The fraction of sp³-hybridized carbons (Fsp3) is 0.500. The summed E-state index contributed by atoms with van der Waals surface area (Å²) in [5.74, 6) is 1.48. The zero-order valence-electron chi connectivity index (χ0n) is 19.8. The third-order valence-electron chi connectivity index (χ3n) is 7.08. The van der Waals surface area contributed by atoms with Crippen molar-refractivity contribution in [3.05, 3.63) is 45.1 Å². The standard InChI is InChI=1S/C26H31N3O3S2/c1-16-7-3-5-9-20(16)27-22(30)15-33-26-28-24-23(19-8-4-6-10-21(19)34-24)25(31)29(26)17-11-13-18(32-2)14-12-17/h11-14,16,20H,3-10,15H2,1-2H3,(H,27,30). The lowest BCUT2D eigenvalue weighted by Gasteiger charge is -2.29. The van der Waals surface area contributed by atoms with Crippen molar-refractivity contribution in [3.63, 3.8) is 0 Å². The minimum Gasteiger partial charge on any atom is -0.497 e. The molecule has 2 unspecified atom stereocenters. The normalized spacial score (nSPS) is 20.2. The van der Waals surface area contributed by atoms with Crippen LogP contribution < -0.4 is 15.6 Å². The molecule has 1 aromatic carbocycles. The number of thioether (sulfide) groups is 1. The molecule has 0 aliphatic heterocycles. The lowest BCUT2D eigenvalue weighted by atomic mass is 9.86. The Hall–Kier alpha value is -2.32. The largest absolute Gasteiger partial charge is 0.497 e. The Bertz CT molecular complexity index is 1250. The van der Waals surface area contributed by atoms with Gasteiger partial charge in [-0.05, 0) is 74.3 Å². The van der Waals surface area contributed by atoms with Crippen molar-refractivity contribution in [2.24, 2.45) is 5.92 Å². The number of aryl methyl sites for hydroxylation is 2. The average Bonchev–Trinajstić information content (AvgIpc) is 3.23. The molecule has 0 radical (unpaired) electrons. The molecular weight excluding hydrogens is 466 g/mol. The molecule has 2 aliphatic rings. The van der Waals surface area contributed by atoms with Crippen LogP contribution in [0.3, 0.4) is 0 Å². The van der Waals surface area contributed by atoms with Crippen molar-refractivity contribution >= 4 is 39.2 Å². The van der Waals surface area contributed by atoms with E-state index in [1.165, 1.54) is 35.0 Å². The third-order valence-corrected chi connectivity index (χ3v) is 9.20. The molecule has 2 aliphatic carbocycles. The van der Waals surface area contributed by atoms with E-state index in [-0.39, 0.29) is 23.3 Å². The van der Waals surface area contributed by atoms with Crippen LogP contribution in [-0.2, 0) is 17.6 Å². The second-order valence-electron chi connectivity index (χ2n) is 9.35. The molecular formula is C26H31N3O3S2. The number of amides is 1. The summed E-state index contributed by atoms with van der Waals surface area (Å²) in [7, 11) is 1.62. The number of rotatable bonds is 6. The SMILES string of the molecule is COc1ccc(-n2c(SCC(=O)NC3CCCCC3C)nc3sc4c(c3c2=O)CCCC4)cc1. The maximum atomic E-state index is 13.8. The van der Waals surface area contributed by atoms with Crippen LogP contribution in [0.25, 0.3) is 15.9 Å². The van der Waals surface area contributed by atoms with Crippen LogP contribution in [-0.4, -0.2) is 34.4 Å². The first-order valence-electron chi connectivity index (χ1n) is 12.2. The van der Waals surface area contributed by atoms with Crippen LogP contribution in [0.5, 0.6) is 5.75 Å². The van der Waals surface area contributed by atoms with Gasteiger partial charge < -0.3 is 10.1 Å². The number of thiophene rings is 1. The summed E-state index contributed by atoms with van der Waals surface area (Å²) in [5, 5.41) is 4.53. The van der Waals surface area contributed by atoms with Gasteiger partial charge >= 0.3 is 0 Å². The molecule has 0 spiro atoms. The monoisotopic (exact) mass is 497 g/mol. The molecule has 180 valence electrons. The highest BCUT2D eigenvalue weighted by molar-refractivity contribution is 7.99. The number of ether oxygens (including phenoxy) is 1. The number of nitrogens with zero attached hydrogens (tertiary/aromatic N) is 2. The molecule has 1 saturated carbocycles. The zero-order valence-corrected chi connectivity index (χ0v) is 21.4. The van der Waals surface area contributed by atoms with Crippen LogP contribution in [0.2, 0.25) is 0 Å². The van der Waals surface area contributed by atoms with E-state index in [2.05, 4.69) is 12.2 Å². The molecule has 2 atom stereocenters. The second kappa shape index (κ2) is 10.1. The van der Waals surface area contributed by atoms with Crippen LogP contribution in [0, 0.1) is 5.92 Å². The minimum absolute atomic E-state index is 0.00449. The first-order valence-corrected chi connectivity index (χ1v) is 14.0. The summed E-state index contributed by atoms with van der Waals surface area (Å²) >= 11 is 2.98. The summed E-state index contributed by atoms with van der Waals surface area (Å²) in [5.41, 5.74) is 1.87. The van der Waals surface area contributed by atoms with E-state index in [9.17, 15) is 9.59 Å². The van der Waals surface area contributed by atoms with E-state index in [1.807, 2.05) is 24.3 Å². The van der Waals surface area contributed by atoms with Gasteiger partial charge in [0.2, 0.25) is 5.91 Å². The molecule has 34 heavy (non-hydrogen) atoms. The van der Waals surface area contributed by atoms with E-state index < -0.39 is 0 Å². The van der Waals surface area contributed by atoms with E-state index in [1.54, 1.807) is 23.0 Å². The highest BCUT2D eigenvalue weighted by Gasteiger charge is 2.25. The van der Waals surface area contributed by atoms with Crippen molar-refractivity contribution in [2.75, 3.05) is 12.9 Å². The Morgan fingerprint density at radius 2 is 1.94 bits per heavy atom. The summed E-state index contributed by atoms with van der Waals surface area (Å²) < 4.78 is 6.97. The number of carbonyl (C=O) groups is 1. The summed E-state index contributed by atoms with van der Waals surface area (Å²) in [4.78, 5) is 33.6. The Labute approximate surface area is 208 Å². The minimum atomic E-state index is -0.0432. The van der Waals surface area contributed by atoms with Gasteiger partial charge in [0.05, 0.1) is 23.9 Å². The van der Waals surface area contributed by atoms with E-state index in [0.717, 1.165) is 60.2 Å². The molecule has 1 N–H and O–H groups in total. The molecule has 8 heteroatoms. The maximum absolute atomic E-state index is 13.8. The topological polar surface area (TPSA) is 73.2 Å². The van der Waals surface area contributed by atoms with Gasteiger partial charge in [0.1, 0.15) is 10.6 Å². The van der Waals surface area contributed by atoms with E-state index in [0.29, 0.717) is 11.1 Å². The summed E-state index contributed by atoms with van der Waals surface area (Å²) in [6.45, 7) is 2.21. The van der Waals surface area contributed by atoms with Gasteiger partial charge in [0, 0.05) is 10.9 Å². The first-order chi connectivity index (χ1) is 16.5. The Balaban J connectivity index is 1.49. The Morgan fingerprint density at radius 3 is 2.71 bits per heavy atom. The van der Waals surface area contributed by atoms with E-state index >= 15 is 0 Å². The zero-order chi connectivity index (χ0) is 23.7. The van der Waals surface area contributed by atoms with Crippen molar-refractivity contribution in [1.29, 1.82) is 0 Å². The van der Waals surface area contributed by atoms with Crippen molar-refractivity contribution < 1.29 is 9.53 Å². The van der Waals surface area contributed by atoms with Crippen molar-refractivity contribution in [2.45, 2.75) is 69.5 Å². The second-order valence-corrected chi connectivity index (χ2v) is 11.4. The summed E-state index contributed by atoms with van der Waals surface area (Å²) in [6, 6.07) is 7.69. The molecule has 2 aromatic heterocycles. The summed E-state index contributed by atoms with van der Waals surface area (Å²) in [6.07, 6.45) is 8.83. The molecule has 2 heterocycles. The van der Waals surface area contributed by atoms with Gasteiger partial charge in [-0.15, -0.1) is 11.3 Å². The Morgan fingerprint density at radius 1 is 1.18 bits per heavy atom. The number of aromatic nitrogens is 2. The van der Waals surface area contributed by atoms with Crippen LogP contribution >= 0.6 is 23.1 Å². The van der Waals surface area contributed by atoms with Crippen LogP contribution in [0.4, 0.5) is 0 Å². The van der Waals surface area contributed by atoms with Gasteiger partial charge in [-0.3, -0.25) is 14.2 Å². The fourth-order valence-electron chi connectivity index (χ4n) is 5.15. The quantitative estimate of drug-likeness (QED) is 0.378. The number of benzene rings is 1. The van der Waals surface area contributed by atoms with Gasteiger partial charge in [-0.25, -0.2) is 4.98 Å². The smallest absolute Gasteiger partial charge is 0.267 e. The predicted octanol–water partition coefficient (Wildman–Crippen LogP) is 5.12. The van der Waals surface area contributed by atoms with Gasteiger partial charge in [0.25, 0.3) is 5.56 Å². The molecule has 1 amide bonds. The number of fused-ring (bicyclic) bond motifs is 3. The van der Waals surface area contributed by atoms with Gasteiger partial charge in [0.15, 0.2) is 5.16 Å². The third kappa shape index (κ3) is 4.62. The van der Waals surface area contributed by atoms with Gasteiger partial charge in [-0.2, -0.15) is 0 Å². The van der Waals surface area contributed by atoms with Gasteiger partial charge in [-0.1, -0.05) is 31.5 Å². The molecule has 0 bridgehead atoms. The molecule has 1 fully saturated rings. The molecule has 0 saturated heterocycles. The highest BCUT2D eigenvalue weighted by atomic mass is 32.2. The fourth-order valence-corrected chi connectivity index (χ4v) is 7.28. The van der Waals surface area contributed by atoms with E-state index in [4.69, 9.17) is 9.72 Å². The highest BCUT2D eigenvalue weighted by Crippen LogP contribution is 2.35. The number of hydrogen-bond donors (Lipinski definition) is 1. The molecule has 5 rings (SSSR count). The van der Waals surface area contributed by atoms with Crippen LogP contribution in [0.1, 0.15) is 55.9 Å². The predicted molar refractivity (Wildman–Crippen MR) is 139 cm³/mol.